The fourth-order valence-corrected chi connectivity index (χ4v) is 1.88. The maximum absolute atomic E-state index is 13.6. The van der Waals surface area contributed by atoms with Crippen molar-refractivity contribution in [3.8, 4) is 11.5 Å². The fraction of sp³-hybridized carbons (Fsp3) is 0.143. The molecule has 0 aromatic heterocycles. The molecule has 0 aliphatic carbocycles. The number of nitro groups is 1. The van der Waals surface area contributed by atoms with Gasteiger partial charge in [0, 0.05) is 7.05 Å². The molecule has 0 unspecified atom stereocenters. The van der Waals surface area contributed by atoms with Gasteiger partial charge in [0.2, 0.25) is 6.20 Å². The van der Waals surface area contributed by atoms with Gasteiger partial charge in [0.1, 0.15) is 11.5 Å². The summed E-state index contributed by atoms with van der Waals surface area (Å²) in [6.07, 6.45) is 3.03. The van der Waals surface area contributed by atoms with Crippen molar-refractivity contribution in [3.05, 3.63) is 51.6 Å². The number of hydrogen-bond donors (Lipinski definition) is 1. The third-order valence-electron chi connectivity index (χ3n) is 3.02. The Morgan fingerprint density at radius 1 is 1.48 bits per heavy atom. The number of carbonyl (C=O) groups excluding carboxylic acids is 1. The van der Waals surface area contributed by atoms with Crippen LogP contribution < -0.4 is 4.74 Å². The van der Waals surface area contributed by atoms with E-state index in [9.17, 15) is 24.4 Å². The molecule has 1 aliphatic heterocycles. The van der Waals surface area contributed by atoms with E-state index in [4.69, 9.17) is 4.74 Å². The highest BCUT2D eigenvalue weighted by Crippen LogP contribution is 2.31. The lowest BCUT2D eigenvalue weighted by molar-refractivity contribution is -0.402. The summed E-state index contributed by atoms with van der Waals surface area (Å²) < 4.78 is 18.4. The second kappa shape index (κ2) is 6.26. The number of hydrogen-bond acceptors (Lipinski definition) is 6. The number of phenolic OH excluding ortho intramolecular Hbond substituents is 1. The minimum Gasteiger partial charge on any atom is -0.502 e. The first-order chi connectivity index (χ1) is 10.8. The number of amidine groups is 1. The molecular formula is C14H12FN3O5. The topological polar surface area (TPSA) is 105 Å². The average Bonchev–Trinajstić information content (AvgIpc) is 2.76. The number of aliphatic imine (C=N–C) groups is 1. The molecule has 0 bridgehead atoms. The van der Waals surface area contributed by atoms with Crippen molar-refractivity contribution in [3.63, 3.8) is 0 Å². The number of nitrogens with zero attached hydrogens (tertiary/aromatic N) is 3. The van der Waals surface area contributed by atoms with Crippen LogP contribution in [0.2, 0.25) is 0 Å². The standard InChI is InChI=1S/C14H12FN3O5/c1-17-12(3-4-18(21)22)16-10(14(17)20)6-8-5-9(15)13(19)11(7-8)23-2/h3-7,19H,1-2H3/b4-3+,10-6?. The summed E-state index contributed by atoms with van der Waals surface area (Å²) in [7, 11) is 2.67. The number of carbonyl (C=O) groups is 1. The first-order valence-corrected chi connectivity index (χ1v) is 6.30. The Labute approximate surface area is 130 Å². The second-order valence-corrected chi connectivity index (χ2v) is 4.52. The van der Waals surface area contributed by atoms with Gasteiger partial charge in [-0.2, -0.15) is 0 Å². The van der Waals surface area contributed by atoms with Crippen LogP contribution in [0.25, 0.3) is 6.08 Å². The SMILES string of the molecule is COc1cc(C=C2N=C(/C=C/[N+](=O)[O-])N(C)C2=O)cc(F)c1O. The number of methoxy groups -OCH3 is 1. The van der Waals surface area contributed by atoms with Crippen LogP contribution in [0.15, 0.2) is 35.1 Å². The highest BCUT2D eigenvalue weighted by molar-refractivity contribution is 6.17. The summed E-state index contributed by atoms with van der Waals surface area (Å²) in [4.78, 5) is 26.8. The molecule has 1 heterocycles. The monoisotopic (exact) mass is 321 g/mol. The van der Waals surface area contributed by atoms with Crippen LogP contribution in [0, 0.1) is 15.9 Å². The molecule has 1 aromatic rings. The quantitative estimate of drug-likeness (QED) is 0.514. The summed E-state index contributed by atoms with van der Waals surface area (Å²) >= 11 is 0. The fourth-order valence-electron chi connectivity index (χ4n) is 1.88. The highest BCUT2D eigenvalue weighted by atomic mass is 19.1. The Kier molecular flexibility index (Phi) is 4.39. The van der Waals surface area contributed by atoms with Crippen molar-refractivity contribution in [1.29, 1.82) is 0 Å². The zero-order valence-electron chi connectivity index (χ0n) is 12.2. The maximum Gasteiger partial charge on any atom is 0.277 e. The van der Waals surface area contributed by atoms with Crippen molar-refractivity contribution in [1.82, 2.24) is 4.90 Å². The van der Waals surface area contributed by atoms with Crippen LogP contribution in [0.4, 0.5) is 4.39 Å². The molecule has 9 heteroatoms. The molecule has 120 valence electrons. The average molecular weight is 321 g/mol. The normalized spacial score (nSPS) is 16.3. The van der Waals surface area contributed by atoms with Gasteiger partial charge in [-0.05, 0) is 23.8 Å². The molecule has 1 aromatic carbocycles. The molecule has 0 saturated carbocycles. The van der Waals surface area contributed by atoms with Crippen LogP contribution >= 0.6 is 0 Å². The van der Waals surface area contributed by atoms with Gasteiger partial charge < -0.3 is 9.84 Å². The predicted molar refractivity (Wildman–Crippen MR) is 78.9 cm³/mol. The summed E-state index contributed by atoms with van der Waals surface area (Å²) in [6.45, 7) is 0. The van der Waals surface area contributed by atoms with Gasteiger partial charge in [-0.3, -0.25) is 19.8 Å². The van der Waals surface area contributed by atoms with Crippen LogP contribution in [0.1, 0.15) is 5.56 Å². The molecule has 0 atom stereocenters. The summed E-state index contributed by atoms with van der Waals surface area (Å²) in [5, 5.41) is 19.8. The maximum atomic E-state index is 13.6. The Hall–Kier alpha value is -3.23. The van der Waals surface area contributed by atoms with E-state index in [0.29, 0.717) is 6.20 Å². The van der Waals surface area contributed by atoms with Crippen molar-refractivity contribution in [2.24, 2.45) is 4.99 Å². The lowest BCUT2D eigenvalue weighted by atomic mass is 10.1. The van der Waals surface area contributed by atoms with Gasteiger partial charge >= 0.3 is 0 Å². The van der Waals surface area contributed by atoms with Crippen LogP contribution in [-0.2, 0) is 4.79 Å². The van der Waals surface area contributed by atoms with E-state index >= 15 is 0 Å². The third kappa shape index (κ3) is 3.34. The lowest BCUT2D eigenvalue weighted by Crippen LogP contribution is -2.26. The van der Waals surface area contributed by atoms with Gasteiger partial charge in [-0.25, -0.2) is 9.38 Å². The van der Waals surface area contributed by atoms with Crippen LogP contribution in [0.5, 0.6) is 11.5 Å². The number of amides is 1. The molecule has 1 N–H and O–H groups in total. The van der Waals surface area contributed by atoms with Crippen LogP contribution in [-0.4, -0.2) is 40.8 Å². The van der Waals surface area contributed by atoms with E-state index in [1.54, 1.807) is 0 Å². The number of likely N-dealkylation sites (N-methyl/N-ethyl adjacent to an activating group) is 1. The van der Waals surface area contributed by atoms with Gasteiger partial charge in [-0.1, -0.05) is 0 Å². The second-order valence-electron chi connectivity index (χ2n) is 4.52. The minimum atomic E-state index is -0.910. The number of benzene rings is 1. The van der Waals surface area contributed by atoms with E-state index in [1.165, 1.54) is 26.3 Å². The summed E-state index contributed by atoms with van der Waals surface area (Å²) in [6, 6.07) is 2.34. The predicted octanol–water partition coefficient (Wildman–Crippen LogP) is 1.54. The molecule has 0 radical (unpaired) electrons. The number of aromatic hydroxyl groups is 1. The zero-order chi connectivity index (χ0) is 17.1. The third-order valence-corrected chi connectivity index (χ3v) is 3.02. The molecule has 0 fully saturated rings. The van der Waals surface area contributed by atoms with E-state index in [1.807, 2.05) is 0 Å². The van der Waals surface area contributed by atoms with Crippen LogP contribution in [0.3, 0.4) is 0 Å². The number of phenols is 1. The Morgan fingerprint density at radius 3 is 2.78 bits per heavy atom. The van der Waals surface area contributed by atoms with E-state index in [-0.39, 0.29) is 22.8 Å². The number of halogens is 1. The smallest absolute Gasteiger partial charge is 0.277 e. The van der Waals surface area contributed by atoms with Crippen molar-refractivity contribution in [2.75, 3.05) is 14.2 Å². The van der Waals surface area contributed by atoms with Gasteiger partial charge in [-0.15, -0.1) is 0 Å². The molecule has 23 heavy (non-hydrogen) atoms. The summed E-state index contributed by atoms with van der Waals surface area (Å²) in [5.41, 5.74) is 0.222. The summed E-state index contributed by atoms with van der Waals surface area (Å²) in [5.74, 6) is -2.05. The van der Waals surface area contributed by atoms with Crippen molar-refractivity contribution in [2.45, 2.75) is 0 Å². The molecule has 1 amide bonds. The molecule has 1 aliphatic rings. The zero-order valence-corrected chi connectivity index (χ0v) is 12.2. The first-order valence-electron chi connectivity index (χ1n) is 6.30. The molecule has 2 rings (SSSR count). The number of rotatable bonds is 4. The Morgan fingerprint density at radius 2 is 2.17 bits per heavy atom. The van der Waals surface area contributed by atoms with E-state index in [2.05, 4.69) is 4.99 Å². The first kappa shape index (κ1) is 16.1. The van der Waals surface area contributed by atoms with Gasteiger partial charge in [0.05, 0.1) is 18.1 Å². The van der Waals surface area contributed by atoms with Gasteiger partial charge in [0.15, 0.2) is 17.3 Å². The van der Waals surface area contributed by atoms with E-state index < -0.39 is 22.4 Å². The highest BCUT2D eigenvalue weighted by Gasteiger charge is 2.26. The van der Waals surface area contributed by atoms with E-state index in [0.717, 1.165) is 17.0 Å². The Balaban J connectivity index is 2.41. The van der Waals surface area contributed by atoms with Gasteiger partial charge in [0.25, 0.3) is 5.91 Å². The molecule has 0 saturated heterocycles. The van der Waals surface area contributed by atoms with Crippen molar-refractivity contribution < 1.29 is 24.0 Å². The number of ether oxygens (including phenoxy) is 1. The minimum absolute atomic E-state index is 0.0253. The molecule has 0 spiro atoms. The molecular weight excluding hydrogens is 309 g/mol. The largest absolute Gasteiger partial charge is 0.502 e. The Bertz CT molecular complexity index is 770. The molecule has 8 nitrogen and oxygen atoms in total. The van der Waals surface area contributed by atoms with Crippen molar-refractivity contribution >= 4 is 17.8 Å². The lowest BCUT2D eigenvalue weighted by Gasteiger charge is -2.07.